The van der Waals surface area contributed by atoms with Gasteiger partial charge in [-0.2, -0.15) is 0 Å². The van der Waals surface area contributed by atoms with E-state index in [-0.39, 0.29) is 23.1 Å². The highest BCUT2D eigenvalue weighted by Crippen LogP contribution is 2.30. The number of halogens is 1. The third-order valence-electron chi connectivity index (χ3n) is 3.35. The van der Waals surface area contributed by atoms with Crippen LogP contribution in [0.4, 0.5) is 11.4 Å². The first-order valence-corrected chi connectivity index (χ1v) is 9.28. The summed E-state index contributed by atoms with van der Waals surface area (Å²) in [5, 5.41) is 30.3. The van der Waals surface area contributed by atoms with Crippen molar-refractivity contribution in [1.29, 1.82) is 0 Å². The SMILES string of the molecule is O=C(CSc1n[nH]c(-c2cc(Br)ccc2O)n1)Nc1cccc([N+](=O)[O-])c1. The molecule has 138 valence electrons. The van der Waals surface area contributed by atoms with Gasteiger partial charge in [0.15, 0.2) is 5.82 Å². The number of phenols is 1. The summed E-state index contributed by atoms with van der Waals surface area (Å²) >= 11 is 4.41. The Bertz CT molecular complexity index is 1010. The molecule has 0 aliphatic rings. The topological polar surface area (TPSA) is 134 Å². The van der Waals surface area contributed by atoms with Gasteiger partial charge in [-0.05, 0) is 24.3 Å². The van der Waals surface area contributed by atoms with E-state index in [1.54, 1.807) is 18.2 Å². The highest BCUT2D eigenvalue weighted by atomic mass is 79.9. The van der Waals surface area contributed by atoms with Gasteiger partial charge in [0.25, 0.3) is 5.69 Å². The van der Waals surface area contributed by atoms with E-state index in [1.165, 1.54) is 24.3 Å². The van der Waals surface area contributed by atoms with Crippen LogP contribution in [0.3, 0.4) is 0 Å². The molecule has 1 aromatic heterocycles. The molecule has 0 unspecified atom stereocenters. The molecule has 27 heavy (non-hydrogen) atoms. The molecule has 3 N–H and O–H groups in total. The number of phenolic OH excluding ortho intramolecular Hbond substituents is 1. The van der Waals surface area contributed by atoms with E-state index in [0.29, 0.717) is 22.2 Å². The lowest BCUT2D eigenvalue weighted by Gasteiger charge is -2.03. The molecule has 9 nitrogen and oxygen atoms in total. The second-order valence-corrected chi connectivity index (χ2v) is 7.13. The maximum Gasteiger partial charge on any atom is 0.271 e. The summed E-state index contributed by atoms with van der Waals surface area (Å²) in [6.07, 6.45) is 0. The van der Waals surface area contributed by atoms with Crippen molar-refractivity contribution in [3.8, 4) is 17.1 Å². The first-order valence-electron chi connectivity index (χ1n) is 7.51. The molecule has 0 fully saturated rings. The molecule has 0 spiro atoms. The number of rotatable bonds is 6. The summed E-state index contributed by atoms with van der Waals surface area (Å²) in [5.74, 6) is 0.0895. The second-order valence-electron chi connectivity index (χ2n) is 5.27. The van der Waals surface area contributed by atoms with Gasteiger partial charge in [-0.1, -0.05) is 33.8 Å². The molecule has 0 atom stereocenters. The molecule has 0 aliphatic carbocycles. The predicted molar refractivity (Wildman–Crippen MR) is 104 cm³/mol. The van der Waals surface area contributed by atoms with Gasteiger partial charge in [-0.15, -0.1) is 5.10 Å². The van der Waals surface area contributed by atoms with Crippen LogP contribution in [0.1, 0.15) is 0 Å². The zero-order chi connectivity index (χ0) is 19.4. The molecule has 0 bridgehead atoms. The van der Waals surface area contributed by atoms with Gasteiger partial charge in [0, 0.05) is 22.3 Å². The summed E-state index contributed by atoms with van der Waals surface area (Å²) in [7, 11) is 0. The van der Waals surface area contributed by atoms with E-state index in [0.717, 1.165) is 16.2 Å². The number of H-pyrrole nitrogens is 1. The number of anilines is 1. The van der Waals surface area contributed by atoms with E-state index < -0.39 is 4.92 Å². The van der Waals surface area contributed by atoms with Gasteiger partial charge < -0.3 is 10.4 Å². The summed E-state index contributed by atoms with van der Waals surface area (Å²) < 4.78 is 0.775. The molecule has 1 amide bonds. The fraction of sp³-hybridized carbons (Fsp3) is 0.0625. The Balaban J connectivity index is 1.61. The largest absolute Gasteiger partial charge is 0.507 e. The van der Waals surface area contributed by atoms with Crippen LogP contribution in [0.25, 0.3) is 11.4 Å². The smallest absolute Gasteiger partial charge is 0.271 e. The van der Waals surface area contributed by atoms with Crippen molar-refractivity contribution in [1.82, 2.24) is 15.2 Å². The molecule has 0 radical (unpaired) electrons. The normalized spacial score (nSPS) is 10.6. The number of thioether (sulfide) groups is 1. The maximum atomic E-state index is 12.0. The number of hydrogen-bond acceptors (Lipinski definition) is 7. The number of aromatic amines is 1. The van der Waals surface area contributed by atoms with Crippen LogP contribution in [0, 0.1) is 10.1 Å². The predicted octanol–water partition coefficient (Wildman–Crippen LogP) is 3.58. The highest BCUT2D eigenvalue weighted by Gasteiger charge is 2.13. The van der Waals surface area contributed by atoms with Crippen LogP contribution in [0.2, 0.25) is 0 Å². The molecular formula is C16H12BrN5O4S. The van der Waals surface area contributed by atoms with E-state index >= 15 is 0 Å². The third-order valence-corrected chi connectivity index (χ3v) is 4.69. The number of nitrogens with zero attached hydrogens (tertiary/aromatic N) is 3. The van der Waals surface area contributed by atoms with Crippen molar-refractivity contribution in [2.75, 3.05) is 11.1 Å². The number of nitro groups is 1. The zero-order valence-corrected chi connectivity index (χ0v) is 16.0. The van der Waals surface area contributed by atoms with Gasteiger partial charge in [0.1, 0.15) is 5.75 Å². The van der Waals surface area contributed by atoms with Crippen LogP contribution >= 0.6 is 27.7 Å². The first-order chi connectivity index (χ1) is 12.9. The lowest BCUT2D eigenvalue weighted by molar-refractivity contribution is -0.384. The first kappa shape index (κ1) is 18.9. The Morgan fingerprint density at radius 1 is 1.33 bits per heavy atom. The standard InChI is InChI=1S/C16H12BrN5O4S/c17-9-4-5-13(23)12(6-9)15-19-16(21-20-15)27-8-14(24)18-10-2-1-3-11(7-10)22(25)26/h1-7,23H,8H2,(H,18,24)(H,19,20,21). The number of nitro benzene ring substituents is 1. The number of nitrogens with one attached hydrogen (secondary N) is 2. The van der Waals surface area contributed by atoms with Crippen molar-refractivity contribution in [2.24, 2.45) is 0 Å². The Hall–Kier alpha value is -2.92. The fourth-order valence-corrected chi connectivity index (χ4v) is 3.11. The van der Waals surface area contributed by atoms with Crippen LogP contribution in [-0.2, 0) is 4.79 Å². The van der Waals surface area contributed by atoms with E-state index in [9.17, 15) is 20.0 Å². The minimum Gasteiger partial charge on any atom is -0.507 e. The molecule has 0 aliphatic heterocycles. The summed E-state index contributed by atoms with van der Waals surface area (Å²) in [6.45, 7) is 0. The summed E-state index contributed by atoms with van der Waals surface area (Å²) in [4.78, 5) is 26.5. The summed E-state index contributed by atoms with van der Waals surface area (Å²) in [5.41, 5.74) is 0.710. The molecule has 2 aromatic carbocycles. The maximum absolute atomic E-state index is 12.0. The highest BCUT2D eigenvalue weighted by molar-refractivity contribution is 9.10. The van der Waals surface area contributed by atoms with Crippen LogP contribution < -0.4 is 5.32 Å². The second kappa shape index (κ2) is 8.18. The Morgan fingerprint density at radius 3 is 2.93 bits per heavy atom. The zero-order valence-electron chi connectivity index (χ0n) is 13.5. The minimum atomic E-state index is -0.531. The third kappa shape index (κ3) is 4.83. The number of amides is 1. The van der Waals surface area contributed by atoms with Gasteiger partial charge in [0.2, 0.25) is 11.1 Å². The van der Waals surface area contributed by atoms with Gasteiger partial charge in [-0.3, -0.25) is 20.0 Å². The van der Waals surface area contributed by atoms with Crippen LogP contribution in [0.15, 0.2) is 52.1 Å². The number of carbonyl (C=O) groups excluding carboxylic acids is 1. The van der Waals surface area contributed by atoms with Crippen molar-refractivity contribution in [2.45, 2.75) is 5.16 Å². The number of hydrogen-bond donors (Lipinski definition) is 3. The lowest BCUT2D eigenvalue weighted by Crippen LogP contribution is -2.14. The van der Waals surface area contributed by atoms with E-state index in [1.807, 2.05) is 0 Å². The van der Waals surface area contributed by atoms with Crippen molar-refractivity contribution in [3.63, 3.8) is 0 Å². The molecule has 11 heteroatoms. The average Bonchev–Trinajstić information content (AvgIpc) is 3.11. The average molecular weight is 450 g/mol. The van der Waals surface area contributed by atoms with E-state index in [4.69, 9.17) is 0 Å². The van der Waals surface area contributed by atoms with E-state index in [2.05, 4.69) is 36.4 Å². The molecule has 3 aromatic rings. The number of carbonyl (C=O) groups is 1. The van der Waals surface area contributed by atoms with Gasteiger partial charge in [-0.25, -0.2) is 4.98 Å². The Labute approximate surface area is 165 Å². The van der Waals surface area contributed by atoms with Crippen LogP contribution in [0.5, 0.6) is 5.75 Å². The van der Waals surface area contributed by atoms with Crippen molar-refractivity contribution in [3.05, 3.63) is 57.1 Å². The number of benzene rings is 2. The fourth-order valence-electron chi connectivity index (χ4n) is 2.15. The number of non-ortho nitro benzene ring substituents is 1. The molecule has 0 saturated carbocycles. The molecule has 0 saturated heterocycles. The van der Waals surface area contributed by atoms with Crippen molar-refractivity contribution < 1.29 is 14.8 Å². The van der Waals surface area contributed by atoms with Crippen LogP contribution in [-0.4, -0.2) is 36.9 Å². The monoisotopic (exact) mass is 449 g/mol. The quantitative estimate of drug-likeness (QED) is 0.297. The Kier molecular flexibility index (Phi) is 5.72. The minimum absolute atomic E-state index is 0.0183. The molecule has 3 rings (SSSR count). The van der Waals surface area contributed by atoms with Crippen molar-refractivity contribution >= 4 is 45.0 Å². The lowest BCUT2D eigenvalue weighted by atomic mass is 10.2. The number of aromatic nitrogens is 3. The molecular weight excluding hydrogens is 438 g/mol. The molecule has 1 heterocycles. The summed E-state index contributed by atoms with van der Waals surface area (Å²) in [6, 6.07) is 10.6. The van der Waals surface area contributed by atoms with Gasteiger partial charge >= 0.3 is 0 Å². The number of aromatic hydroxyl groups is 1. The van der Waals surface area contributed by atoms with Gasteiger partial charge in [0.05, 0.1) is 16.2 Å². The Morgan fingerprint density at radius 2 is 2.15 bits per heavy atom.